The summed E-state index contributed by atoms with van der Waals surface area (Å²) in [5, 5.41) is 2.73. The summed E-state index contributed by atoms with van der Waals surface area (Å²) in [5.41, 5.74) is 0.629. The minimum absolute atomic E-state index is 0.0487. The number of carbonyl (C=O) groups is 2. The van der Waals surface area contributed by atoms with Gasteiger partial charge >= 0.3 is 12.3 Å². The van der Waals surface area contributed by atoms with E-state index in [2.05, 4.69) is 5.32 Å². The van der Waals surface area contributed by atoms with Crippen molar-refractivity contribution >= 4 is 18.1 Å². The van der Waals surface area contributed by atoms with Crippen LogP contribution in [0.25, 0.3) is 6.08 Å². The maximum atomic E-state index is 13.1. The topological polar surface area (TPSA) is 74.4 Å². The smallest absolute Gasteiger partial charge is 0.416 e. The van der Waals surface area contributed by atoms with Crippen molar-refractivity contribution in [2.45, 2.75) is 36.6 Å². The minimum atomic E-state index is -4.46. The van der Waals surface area contributed by atoms with Gasteiger partial charge in [-0.05, 0) is 28.8 Å². The molecular weight excluding hydrogens is 535 g/mol. The lowest BCUT2D eigenvalue weighted by molar-refractivity contribution is -0.146. The summed E-state index contributed by atoms with van der Waals surface area (Å²) in [6.07, 6.45) is -1.000. The highest BCUT2D eigenvalue weighted by Gasteiger charge is 2.73. The molecule has 0 aliphatic carbocycles. The number of nitrogens with one attached hydrogen (secondary N) is 1. The Hall–Kier alpha value is -4.15. The van der Waals surface area contributed by atoms with Gasteiger partial charge in [-0.1, -0.05) is 84.9 Å². The molecular formula is C31H28F3N3O4. The van der Waals surface area contributed by atoms with Crippen molar-refractivity contribution in [3.63, 3.8) is 0 Å². The van der Waals surface area contributed by atoms with E-state index in [0.717, 1.165) is 23.3 Å². The number of likely N-dealkylation sites (tertiary alicyclic amines) is 1. The molecule has 3 aliphatic rings. The van der Waals surface area contributed by atoms with Gasteiger partial charge in [0, 0.05) is 6.54 Å². The monoisotopic (exact) mass is 563 g/mol. The SMILES string of the molecule is O=C(CN1[C@H](/C=C/c2ccccc2)[C@H](N2C(=O)OC[C@@H]2c2ccccc2)C12CO2)NCc1cccc(C(F)(F)F)c1. The van der Waals surface area contributed by atoms with Gasteiger partial charge in [0.2, 0.25) is 5.91 Å². The van der Waals surface area contributed by atoms with E-state index in [1.807, 2.05) is 77.7 Å². The molecule has 3 aliphatic heterocycles. The van der Waals surface area contributed by atoms with Crippen LogP contribution >= 0.6 is 0 Å². The van der Waals surface area contributed by atoms with Crippen molar-refractivity contribution in [1.82, 2.24) is 15.1 Å². The van der Waals surface area contributed by atoms with E-state index in [-0.39, 0.29) is 37.7 Å². The van der Waals surface area contributed by atoms with Gasteiger partial charge in [0.1, 0.15) is 12.6 Å². The first-order valence-corrected chi connectivity index (χ1v) is 13.3. The van der Waals surface area contributed by atoms with Gasteiger partial charge in [0.15, 0.2) is 5.72 Å². The molecule has 4 atom stereocenters. The van der Waals surface area contributed by atoms with Gasteiger partial charge in [-0.15, -0.1) is 0 Å². The molecule has 0 bridgehead atoms. The van der Waals surface area contributed by atoms with Gasteiger partial charge in [-0.2, -0.15) is 13.2 Å². The third kappa shape index (κ3) is 5.32. The number of nitrogens with zero attached hydrogens (tertiary/aromatic N) is 2. The fourth-order valence-electron chi connectivity index (χ4n) is 5.73. The van der Waals surface area contributed by atoms with Crippen molar-refractivity contribution in [1.29, 1.82) is 0 Å². The van der Waals surface area contributed by atoms with Crippen LogP contribution in [0.2, 0.25) is 0 Å². The highest BCUT2D eigenvalue weighted by Crippen LogP contribution is 2.53. The molecule has 0 saturated carbocycles. The van der Waals surface area contributed by atoms with Crippen molar-refractivity contribution in [2.24, 2.45) is 0 Å². The standard InChI is InChI=1S/C31H28F3N3O4/c32-31(33,34)24-13-7-10-22(16-24)17-35-27(38)18-36-25(15-14-21-8-3-1-4-9-21)28(30(36)20-41-30)37-26(19-40-29(37)39)23-11-5-2-6-12-23/h1-16,25-26,28H,17-20H2,(H,35,38)/b15-14+/t25-,26-,28+,30?/m1/s1. The number of rotatable bonds is 8. The number of amides is 2. The van der Waals surface area contributed by atoms with E-state index in [1.165, 1.54) is 12.1 Å². The average molecular weight is 564 g/mol. The van der Waals surface area contributed by atoms with Crippen molar-refractivity contribution in [3.05, 3.63) is 113 Å². The Kier molecular flexibility index (Phi) is 7.04. The molecule has 6 rings (SSSR count). The average Bonchev–Trinajstić information content (AvgIpc) is 3.72. The maximum Gasteiger partial charge on any atom is 0.416 e. The highest BCUT2D eigenvalue weighted by molar-refractivity contribution is 5.79. The first kappa shape index (κ1) is 27.0. The largest absolute Gasteiger partial charge is 0.447 e. The fourth-order valence-corrected chi connectivity index (χ4v) is 5.73. The van der Waals surface area contributed by atoms with E-state index >= 15 is 0 Å². The molecule has 3 aromatic carbocycles. The van der Waals surface area contributed by atoms with Crippen LogP contribution in [0.5, 0.6) is 0 Å². The number of epoxide rings is 1. The van der Waals surface area contributed by atoms with Crippen LogP contribution < -0.4 is 5.32 Å². The molecule has 7 nitrogen and oxygen atoms in total. The third-order valence-electron chi connectivity index (χ3n) is 7.81. The Morgan fingerprint density at radius 3 is 2.41 bits per heavy atom. The number of benzene rings is 3. The molecule has 212 valence electrons. The number of halogens is 3. The summed E-state index contributed by atoms with van der Waals surface area (Å²) in [6.45, 7) is 0.437. The van der Waals surface area contributed by atoms with Crippen molar-refractivity contribution in [2.75, 3.05) is 19.8 Å². The van der Waals surface area contributed by atoms with Crippen LogP contribution in [-0.4, -0.2) is 59.4 Å². The lowest BCUT2D eigenvalue weighted by Gasteiger charge is -2.55. The fraction of sp³-hybridized carbons (Fsp3) is 0.290. The first-order valence-electron chi connectivity index (χ1n) is 13.3. The Morgan fingerprint density at radius 1 is 1.02 bits per heavy atom. The predicted molar refractivity (Wildman–Crippen MR) is 144 cm³/mol. The molecule has 3 aromatic rings. The summed E-state index contributed by atoms with van der Waals surface area (Å²) < 4.78 is 50.7. The number of carbonyl (C=O) groups excluding carboxylic acids is 2. The minimum Gasteiger partial charge on any atom is -0.447 e. The van der Waals surface area contributed by atoms with E-state index in [1.54, 1.807) is 4.90 Å². The highest BCUT2D eigenvalue weighted by atomic mass is 19.4. The number of hydrogen-bond acceptors (Lipinski definition) is 5. The molecule has 1 spiro atoms. The number of alkyl halides is 3. The summed E-state index contributed by atoms with van der Waals surface area (Å²) in [7, 11) is 0. The van der Waals surface area contributed by atoms with Crippen LogP contribution in [0.4, 0.5) is 18.0 Å². The van der Waals surface area contributed by atoms with Gasteiger partial charge in [0.25, 0.3) is 0 Å². The molecule has 3 heterocycles. The molecule has 1 unspecified atom stereocenters. The predicted octanol–water partition coefficient (Wildman–Crippen LogP) is 5.01. The van der Waals surface area contributed by atoms with Crippen LogP contribution in [0.1, 0.15) is 28.3 Å². The Bertz CT molecular complexity index is 1440. The van der Waals surface area contributed by atoms with Crippen LogP contribution in [0.3, 0.4) is 0 Å². The summed E-state index contributed by atoms with van der Waals surface area (Å²) in [6, 6.07) is 23.1. The number of ether oxygens (including phenoxy) is 2. The van der Waals surface area contributed by atoms with Crippen molar-refractivity contribution in [3.8, 4) is 0 Å². The summed E-state index contributed by atoms with van der Waals surface area (Å²) in [4.78, 5) is 29.7. The van der Waals surface area contributed by atoms with Gasteiger partial charge in [-0.3, -0.25) is 14.6 Å². The molecule has 10 heteroatoms. The third-order valence-corrected chi connectivity index (χ3v) is 7.81. The van der Waals surface area contributed by atoms with Gasteiger partial charge in [0.05, 0.1) is 30.8 Å². The molecule has 41 heavy (non-hydrogen) atoms. The van der Waals surface area contributed by atoms with E-state index in [9.17, 15) is 22.8 Å². The van der Waals surface area contributed by atoms with E-state index in [0.29, 0.717) is 12.2 Å². The van der Waals surface area contributed by atoms with Crippen LogP contribution in [-0.2, 0) is 27.0 Å². The first-order chi connectivity index (χ1) is 19.8. The second-order valence-electron chi connectivity index (χ2n) is 10.4. The second kappa shape index (κ2) is 10.7. The van der Waals surface area contributed by atoms with Gasteiger partial charge < -0.3 is 14.8 Å². The van der Waals surface area contributed by atoms with E-state index in [4.69, 9.17) is 9.47 Å². The molecule has 3 fully saturated rings. The maximum absolute atomic E-state index is 13.1. The summed E-state index contributed by atoms with van der Waals surface area (Å²) >= 11 is 0. The number of hydrogen-bond donors (Lipinski definition) is 1. The molecule has 2 amide bonds. The number of cyclic esters (lactones) is 1. The Labute approximate surface area is 235 Å². The molecule has 0 aromatic heterocycles. The normalized spacial score (nSPS) is 25.8. The van der Waals surface area contributed by atoms with Gasteiger partial charge in [-0.25, -0.2) is 4.79 Å². The zero-order valence-electron chi connectivity index (χ0n) is 22.0. The van der Waals surface area contributed by atoms with Crippen LogP contribution in [0.15, 0.2) is 91.0 Å². The lowest BCUT2D eigenvalue weighted by Crippen LogP contribution is -2.76. The van der Waals surface area contributed by atoms with Crippen LogP contribution in [0, 0.1) is 0 Å². The second-order valence-corrected chi connectivity index (χ2v) is 10.4. The summed E-state index contributed by atoms with van der Waals surface area (Å²) in [5.74, 6) is -0.363. The molecule has 1 N–H and O–H groups in total. The zero-order chi connectivity index (χ0) is 28.6. The Morgan fingerprint density at radius 2 is 1.73 bits per heavy atom. The Balaban J connectivity index is 1.22. The molecule has 3 saturated heterocycles. The lowest BCUT2D eigenvalue weighted by atomic mass is 9.83. The molecule has 0 radical (unpaired) electrons. The van der Waals surface area contributed by atoms with E-state index < -0.39 is 29.6 Å². The zero-order valence-corrected chi connectivity index (χ0v) is 22.0. The van der Waals surface area contributed by atoms with Crippen molar-refractivity contribution < 1.29 is 32.2 Å². The quantitative estimate of drug-likeness (QED) is 0.390.